The van der Waals surface area contributed by atoms with Crippen LogP contribution in [0.15, 0.2) is 30.3 Å². The molecule has 18 heavy (non-hydrogen) atoms. The van der Waals surface area contributed by atoms with E-state index in [-0.39, 0.29) is 11.3 Å². The Morgan fingerprint density at radius 3 is 2.33 bits per heavy atom. The molecule has 1 aliphatic carbocycles. The molecule has 1 aromatic carbocycles. The van der Waals surface area contributed by atoms with E-state index in [1.807, 2.05) is 37.3 Å². The third-order valence-electron chi connectivity index (χ3n) is 3.63. The average Bonchev–Trinajstić information content (AvgIpc) is 2.40. The molecule has 1 N–H and O–H groups in total. The van der Waals surface area contributed by atoms with Crippen molar-refractivity contribution in [2.45, 2.75) is 50.3 Å². The van der Waals surface area contributed by atoms with Gasteiger partial charge >= 0.3 is 0 Å². The predicted molar refractivity (Wildman–Crippen MR) is 73.8 cm³/mol. The van der Waals surface area contributed by atoms with Crippen LogP contribution in [0.2, 0.25) is 0 Å². The van der Waals surface area contributed by atoms with E-state index < -0.39 is 10.0 Å². The molecule has 0 aromatic heterocycles. The summed E-state index contributed by atoms with van der Waals surface area (Å²) in [7, 11) is -3.18. The lowest BCUT2D eigenvalue weighted by Crippen LogP contribution is -2.37. The minimum absolute atomic E-state index is 0.155. The number of sulfonamides is 1. The first-order valence-corrected chi connectivity index (χ1v) is 8.20. The van der Waals surface area contributed by atoms with Crippen LogP contribution in [0.3, 0.4) is 0 Å². The molecule has 0 amide bonds. The SMILES string of the molecule is CC(NS(=O)(=O)C1CCCCC1)c1ccccc1. The second-order valence-electron chi connectivity index (χ2n) is 5.06. The molecule has 1 saturated carbocycles. The molecule has 1 aromatic rings. The second-order valence-corrected chi connectivity index (χ2v) is 7.05. The maximum atomic E-state index is 12.3. The first-order valence-electron chi connectivity index (χ1n) is 6.66. The minimum atomic E-state index is -3.18. The van der Waals surface area contributed by atoms with Gasteiger partial charge in [-0.1, -0.05) is 49.6 Å². The van der Waals surface area contributed by atoms with Gasteiger partial charge in [0.2, 0.25) is 10.0 Å². The fraction of sp³-hybridized carbons (Fsp3) is 0.571. The van der Waals surface area contributed by atoms with E-state index in [0.717, 1.165) is 31.2 Å². The van der Waals surface area contributed by atoms with Gasteiger partial charge in [0.15, 0.2) is 0 Å². The van der Waals surface area contributed by atoms with E-state index in [1.165, 1.54) is 6.42 Å². The minimum Gasteiger partial charge on any atom is -0.212 e. The van der Waals surface area contributed by atoms with Crippen molar-refractivity contribution in [2.75, 3.05) is 0 Å². The van der Waals surface area contributed by atoms with Gasteiger partial charge in [0.1, 0.15) is 0 Å². The normalized spacial score (nSPS) is 19.6. The van der Waals surface area contributed by atoms with Crippen LogP contribution in [-0.2, 0) is 10.0 Å². The molecule has 2 rings (SSSR count). The molecular weight excluding hydrogens is 246 g/mol. The zero-order valence-corrected chi connectivity index (χ0v) is 11.6. The van der Waals surface area contributed by atoms with Gasteiger partial charge < -0.3 is 0 Å². The van der Waals surface area contributed by atoms with E-state index in [1.54, 1.807) is 0 Å². The van der Waals surface area contributed by atoms with Crippen LogP contribution in [0.4, 0.5) is 0 Å². The number of rotatable bonds is 4. The van der Waals surface area contributed by atoms with Gasteiger partial charge in [0, 0.05) is 6.04 Å². The molecule has 0 spiro atoms. The summed E-state index contributed by atoms with van der Waals surface area (Å²) in [6.45, 7) is 1.90. The highest BCUT2D eigenvalue weighted by Crippen LogP contribution is 2.24. The van der Waals surface area contributed by atoms with Crippen molar-refractivity contribution in [3.63, 3.8) is 0 Å². The summed E-state index contributed by atoms with van der Waals surface area (Å²) in [6.07, 6.45) is 4.84. The summed E-state index contributed by atoms with van der Waals surface area (Å²) < 4.78 is 27.3. The predicted octanol–water partition coefficient (Wildman–Crippen LogP) is 3.00. The van der Waals surface area contributed by atoms with Crippen molar-refractivity contribution in [3.05, 3.63) is 35.9 Å². The monoisotopic (exact) mass is 267 g/mol. The summed E-state index contributed by atoms with van der Waals surface area (Å²) in [5.74, 6) is 0. The highest BCUT2D eigenvalue weighted by molar-refractivity contribution is 7.90. The third-order valence-corrected chi connectivity index (χ3v) is 5.66. The maximum Gasteiger partial charge on any atom is 0.215 e. The maximum absolute atomic E-state index is 12.3. The number of hydrogen-bond acceptors (Lipinski definition) is 2. The fourth-order valence-electron chi connectivity index (χ4n) is 2.53. The van der Waals surface area contributed by atoms with Crippen molar-refractivity contribution >= 4 is 10.0 Å². The van der Waals surface area contributed by atoms with Crippen LogP contribution in [-0.4, -0.2) is 13.7 Å². The van der Waals surface area contributed by atoms with Crippen LogP contribution >= 0.6 is 0 Å². The molecule has 0 aliphatic heterocycles. The highest BCUT2D eigenvalue weighted by Gasteiger charge is 2.28. The summed E-state index contributed by atoms with van der Waals surface area (Å²) >= 11 is 0. The first-order chi connectivity index (χ1) is 8.59. The van der Waals surface area contributed by atoms with E-state index in [4.69, 9.17) is 0 Å². The standard InChI is InChI=1S/C14H21NO2S/c1-12(13-8-4-2-5-9-13)15-18(16,17)14-10-6-3-7-11-14/h2,4-5,8-9,12,14-15H,3,6-7,10-11H2,1H3. The van der Waals surface area contributed by atoms with Crippen molar-refractivity contribution in [1.82, 2.24) is 4.72 Å². The van der Waals surface area contributed by atoms with Crippen molar-refractivity contribution in [2.24, 2.45) is 0 Å². The Bertz CT molecular complexity index is 464. The average molecular weight is 267 g/mol. The van der Waals surface area contributed by atoms with Crippen LogP contribution in [0.5, 0.6) is 0 Å². The lowest BCUT2D eigenvalue weighted by atomic mass is 10.0. The number of hydrogen-bond donors (Lipinski definition) is 1. The molecule has 0 heterocycles. The second kappa shape index (κ2) is 5.85. The smallest absolute Gasteiger partial charge is 0.212 e. The zero-order valence-electron chi connectivity index (χ0n) is 10.8. The van der Waals surface area contributed by atoms with Crippen LogP contribution < -0.4 is 4.72 Å². The lowest BCUT2D eigenvalue weighted by Gasteiger charge is -2.24. The summed E-state index contributed by atoms with van der Waals surface area (Å²) in [5.41, 5.74) is 1.01. The van der Waals surface area contributed by atoms with Crippen molar-refractivity contribution in [1.29, 1.82) is 0 Å². The molecule has 1 atom stereocenters. The third kappa shape index (κ3) is 3.33. The van der Waals surface area contributed by atoms with Crippen LogP contribution in [0.25, 0.3) is 0 Å². The Morgan fingerprint density at radius 1 is 1.11 bits per heavy atom. The Morgan fingerprint density at radius 2 is 1.72 bits per heavy atom. The van der Waals surface area contributed by atoms with Crippen molar-refractivity contribution < 1.29 is 8.42 Å². The van der Waals surface area contributed by atoms with E-state index in [9.17, 15) is 8.42 Å². The van der Waals surface area contributed by atoms with E-state index >= 15 is 0 Å². The fourth-order valence-corrected chi connectivity index (χ4v) is 4.30. The molecule has 1 fully saturated rings. The number of nitrogens with one attached hydrogen (secondary N) is 1. The van der Waals surface area contributed by atoms with E-state index in [0.29, 0.717) is 0 Å². The van der Waals surface area contributed by atoms with Crippen LogP contribution in [0.1, 0.15) is 50.6 Å². The van der Waals surface area contributed by atoms with Crippen LogP contribution in [0, 0.1) is 0 Å². The Labute approximate surface area is 110 Å². The largest absolute Gasteiger partial charge is 0.215 e. The Hall–Kier alpha value is -0.870. The topological polar surface area (TPSA) is 46.2 Å². The molecule has 3 nitrogen and oxygen atoms in total. The highest BCUT2D eigenvalue weighted by atomic mass is 32.2. The van der Waals surface area contributed by atoms with Gasteiger partial charge in [-0.3, -0.25) is 0 Å². The summed E-state index contributed by atoms with van der Waals surface area (Å²) in [5, 5.41) is -0.197. The molecule has 1 aliphatic rings. The van der Waals surface area contributed by atoms with Gasteiger partial charge in [-0.2, -0.15) is 0 Å². The van der Waals surface area contributed by atoms with Gasteiger partial charge in [0.25, 0.3) is 0 Å². The Kier molecular flexibility index (Phi) is 4.40. The molecule has 0 radical (unpaired) electrons. The van der Waals surface area contributed by atoms with Gasteiger partial charge in [0.05, 0.1) is 5.25 Å². The summed E-state index contributed by atoms with van der Waals surface area (Å²) in [6, 6.07) is 9.55. The Balaban J connectivity index is 2.03. The van der Waals surface area contributed by atoms with Gasteiger partial charge in [-0.25, -0.2) is 13.1 Å². The molecule has 4 heteroatoms. The molecule has 1 unspecified atom stereocenters. The molecular formula is C14H21NO2S. The first kappa shape index (κ1) is 13.6. The quantitative estimate of drug-likeness (QED) is 0.911. The summed E-state index contributed by atoms with van der Waals surface area (Å²) in [4.78, 5) is 0. The van der Waals surface area contributed by atoms with Crippen molar-refractivity contribution in [3.8, 4) is 0 Å². The molecule has 0 bridgehead atoms. The molecule has 0 saturated heterocycles. The van der Waals surface area contributed by atoms with E-state index in [2.05, 4.69) is 4.72 Å². The zero-order chi connectivity index (χ0) is 13.0. The van der Waals surface area contributed by atoms with Gasteiger partial charge in [-0.05, 0) is 25.3 Å². The lowest BCUT2D eigenvalue weighted by molar-refractivity contribution is 0.473. The molecule has 100 valence electrons. The number of benzene rings is 1. The van der Waals surface area contributed by atoms with Gasteiger partial charge in [-0.15, -0.1) is 0 Å².